The third kappa shape index (κ3) is 5.71. The average molecular weight is 421 g/mol. The minimum absolute atomic E-state index is 0. The van der Waals surface area contributed by atoms with E-state index in [0.717, 1.165) is 5.92 Å². The van der Waals surface area contributed by atoms with Crippen molar-refractivity contribution in [2.24, 2.45) is 5.92 Å². The molecule has 0 atom stereocenters. The molecule has 0 spiro atoms. The number of hydrogen-bond acceptors (Lipinski definition) is 0. The van der Waals surface area contributed by atoms with Crippen LogP contribution in [0.25, 0.3) is 0 Å². The Kier molecular flexibility index (Phi) is 9.81. The third-order valence-electron chi connectivity index (χ3n) is 3.19. The van der Waals surface area contributed by atoms with Crippen molar-refractivity contribution in [3.63, 3.8) is 0 Å². The van der Waals surface area contributed by atoms with Gasteiger partial charge in [-0.2, -0.15) is 48.7 Å². The van der Waals surface area contributed by atoms with Gasteiger partial charge in [-0.1, -0.05) is 19.3 Å². The second kappa shape index (κ2) is 9.52. The van der Waals surface area contributed by atoms with E-state index >= 15 is 0 Å². The average Bonchev–Trinajstić information content (AvgIpc) is 2.29. The van der Waals surface area contributed by atoms with Gasteiger partial charge in [0.15, 0.2) is 0 Å². The molecule has 0 aliphatic heterocycles. The summed E-state index contributed by atoms with van der Waals surface area (Å²) in [7, 11) is 0. The molecule has 1 fully saturated rings. The molecule has 1 radical (unpaired) electrons. The first-order valence-electron chi connectivity index (χ1n) is 5.72. The SMILES string of the molecule is [V].[W].[c-]1ccc(CCC2CC[CH-]CC2)cc1. The fourth-order valence-corrected chi connectivity index (χ4v) is 2.24. The van der Waals surface area contributed by atoms with Gasteiger partial charge in [0.1, 0.15) is 0 Å². The molecular formula is C14H18VW-2. The van der Waals surface area contributed by atoms with E-state index in [1.54, 1.807) is 0 Å². The van der Waals surface area contributed by atoms with Gasteiger partial charge in [-0.25, -0.2) is 0 Å². The second-order valence-corrected chi connectivity index (χ2v) is 4.26. The van der Waals surface area contributed by atoms with Crippen molar-refractivity contribution < 1.29 is 39.6 Å². The summed E-state index contributed by atoms with van der Waals surface area (Å²) in [6, 6.07) is 11.5. The van der Waals surface area contributed by atoms with E-state index in [1.807, 2.05) is 12.1 Å². The molecule has 0 N–H and O–H groups in total. The molecule has 2 rings (SSSR count). The smallest absolute Gasteiger partial charge is 0 e. The van der Waals surface area contributed by atoms with Gasteiger partial charge in [-0.3, -0.25) is 0 Å². The van der Waals surface area contributed by atoms with Crippen LogP contribution in [0.1, 0.15) is 37.7 Å². The Balaban J connectivity index is 0.00000112. The van der Waals surface area contributed by atoms with E-state index in [0.29, 0.717) is 0 Å². The monoisotopic (exact) mass is 421 g/mol. The Morgan fingerprint density at radius 1 is 1.19 bits per heavy atom. The maximum absolute atomic E-state index is 3.07. The van der Waals surface area contributed by atoms with Crippen LogP contribution in [0.15, 0.2) is 24.3 Å². The summed E-state index contributed by atoms with van der Waals surface area (Å²) in [6.45, 7) is 0. The van der Waals surface area contributed by atoms with Crippen LogP contribution in [0.3, 0.4) is 0 Å². The minimum Gasteiger partial charge on any atom is -0.328 e. The minimum atomic E-state index is 0. The van der Waals surface area contributed by atoms with E-state index in [1.165, 1.54) is 44.1 Å². The molecule has 87 valence electrons. The summed E-state index contributed by atoms with van der Waals surface area (Å²) in [5, 5.41) is 0. The van der Waals surface area contributed by atoms with Crippen molar-refractivity contribution in [1.82, 2.24) is 0 Å². The molecule has 0 amide bonds. The summed E-state index contributed by atoms with van der Waals surface area (Å²) < 4.78 is 0. The zero-order chi connectivity index (χ0) is 9.64. The number of benzene rings is 1. The first kappa shape index (κ1) is 16.5. The molecule has 0 unspecified atom stereocenters. The fraction of sp³-hybridized carbons (Fsp3) is 0.500. The van der Waals surface area contributed by atoms with Crippen molar-refractivity contribution in [2.75, 3.05) is 0 Å². The summed E-state index contributed by atoms with van der Waals surface area (Å²) >= 11 is 0. The Morgan fingerprint density at radius 3 is 2.44 bits per heavy atom. The fourth-order valence-electron chi connectivity index (χ4n) is 2.24. The Labute approximate surface area is 126 Å². The largest absolute Gasteiger partial charge is 0.328 e. The zero-order valence-corrected chi connectivity index (χ0v) is 13.9. The second-order valence-electron chi connectivity index (χ2n) is 4.26. The van der Waals surface area contributed by atoms with Gasteiger partial charge in [0.05, 0.1) is 0 Å². The Bertz CT molecular complexity index is 255. The zero-order valence-electron chi connectivity index (χ0n) is 9.56. The van der Waals surface area contributed by atoms with Crippen LogP contribution in [0.2, 0.25) is 0 Å². The molecule has 1 aliphatic rings. The van der Waals surface area contributed by atoms with Gasteiger partial charge >= 0.3 is 0 Å². The van der Waals surface area contributed by atoms with E-state index in [4.69, 9.17) is 0 Å². The molecule has 1 saturated carbocycles. The van der Waals surface area contributed by atoms with E-state index in [2.05, 4.69) is 24.6 Å². The van der Waals surface area contributed by atoms with Crippen LogP contribution in [-0.4, -0.2) is 0 Å². The van der Waals surface area contributed by atoms with Crippen molar-refractivity contribution in [1.29, 1.82) is 0 Å². The van der Waals surface area contributed by atoms with Crippen LogP contribution in [0, 0.1) is 18.4 Å². The van der Waals surface area contributed by atoms with Gasteiger partial charge in [0, 0.05) is 39.6 Å². The summed E-state index contributed by atoms with van der Waals surface area (Å²) in [5.74, 6) is 0.976. The summed E-state index contributed by atoms with van der Waals surface area (Å²) in [6.07, 6.45) is 10.6. The van der Waals surface area contributed by atoms with E-state index in [-0.39, 0.29) is 39.6 Å². The van der Waals surface area contributed by atoms with Gasteiger partial charge in [0.25, 0.3) is 0 Å². The molecule has 0 saturated heterocycles. The van der Waals surface area contributed by atoms with Crippen LogP contribution < -0.4 is 0 Å². The molecule has 0 heterocycles. The van der Waals surface area contributed by atoms with Crippen LogP contribution >= 0.6 is 0 Å². The molecule has 2 heteroatoms. The first-order valence-corrected chi connectivity index (χ1v) is 5.72. The maximum Gasteiger partial charge on any atom is 0 e. The van der Waals surface area contributed by atoms with Crippen molar-refractivity contribution >= 4 is 0 Å². The number of hydrogen-bond donors (Lipinski definition) is 0. The molecule has 0 bridgehead atoms. The van der Waals surface area contributed by atoms with Crippen molar-refractivity contribution in [3.05, 3.63) is 42.3 Å². The van der Waals surface area contributed by atoms with Crippen molar-refractivity contribution in [2.45, 2.75) is 38.5 Å². The van der Waals surface area contributed by atoms with E-state index in [9.17, 15) is 0 Å². The van der Waals surface area contributed by atoms with Gasteiger partial charge in [-0.15, -0.1) is 0 Å². The normalized spacial score (nSPS) is 16.0. The number of rotatable bonds is 3. The molecule has 1 aromatic rings. The summed E-state index contributed by atoms with van der Waals surface area (Å²) in [4.78, 5) is 0. The molecule has 1 aliphatic carbocycles. The summed E-state index contributed by atoms with van der Waals surface area (Å²) in [5.41, 5.74) is 1.47. The van der Waals surface area contributed by atoms with Gasteiger partial charge in [-0.05, 0) is 12.3 Å². The quantitative estimate of drug-likeness (QED) is 0.652. The predicted molar refractivity (Wildman–Crippen MR) is 59.9 cm³/mol. The van der Waals surface area contributed by atoms with E-state index < -0.39 is 0 Å². The first-order chi connectivity index (χ1) is 6.95. The Morgan fingerprint density at radius 2 is 1.81 bits per heavy atom. The molecule has 0 aromatic heterocycles. The van der Waals surface area contributed by atoms with Crippen molar-refractivity contribution in [3.8, 4) is 0 Å². The van der Waals surface area contributed by atoms with Gasteiger partial charge < -0.3 is 6.42 Å². The molecule has 1 aromatic carbocycles. The van der Waals surface area contributed by atoms with Gasteiger partial charge in [0.2, 0.25) is 0 Å². The predicted octanol–water partition coefficient (Wildman–Crippen LogP) is 3.81. The van der Waals surface area contributed by atoms with Crippen LogP contribution in [0.4, 0.5) is 0 Å². The third-order valence-corrected chi connectivity index (χ3v) is 3.19. The molecular weight excluding hydrogens is 403 g/mol. The van der Waals surface area contributed by atoms with Crippen LogP contribution in [-0.2, 0) is 46.0 Å². The number of aryl methyl sites for hydroxylation is 1. The topological polar surface area (TPSA) is 0 Å². The van der Waals surface area contributed by atoms with Crippen LogP contribution in [0.5, 0.6) is 0 Å². The molecule has 0 nitrogen and oxygen atoms in total. The molecule has 16 heavy (non-hydrogen) atoms. The Hall–Kier alpha value is 0.493. The standard InChI is InChI=1S/C14H18.V.W/c1-3-7-13(8-4-1)11-12-14-9-5-2-6-10-14;;/h1,5-6,9-10,13H,3-4,7-8,11-12H2;;/q-2;;. The maximum atomic E-state index is 3.07.